The van der Waals surface area contributed by atoms with Gasteiger partial charge in [0.05, 0.1) is 29.3 Å². The molecule has 0 bridgehead atoms. The van der Waals surface area contributed by atoms with Crippen LogP contribution in [-0.4, -0.2) is 55.7 Å². The number of hydrogen-bond donors (Lipinski definition) is 1. The zero-order chi connectivity index (χ0) is 23.2. The van der Waals surface area contributed by atoms with Crippen molar-refractivity contribution in [3.8, 4) is 0 Å². The van der Waals surface area contributed by atoms with Crippen molar-refractivity contribution >= 4 is 34.4 Å². The number of piperidine rings is 1. The zero-order valence-corrected chi connectivity index (χ0v) is 18.9. The molecule has 8 nitrogen and oxygen atoms in total. The fraction of sp³-hybridized carbons (Fsp3) is 0.360. The van der Waals surface area contributed by atoms with Gasteiger partial charge >= 0.3 is 0 Å². The Labute approximate surface area is 192 Å². The maximum absolute atomic E-state index is 13.3. The van der Waals surface area contributed by atoms with E-state index in [1.54, 1.807) is 18.2 Å². The van der Waals surface area contributed by atoms with Crippen molar-refractivity contribution in [2.24, 2.45) is 7.05 Å². The molecule has 2 aliphatic rings. The molecule has 8 heteroatoms. The maximum Gasteiger partial charge on any atom is 0.254 e. The molecule has 33 heavy (non-hydrogen) atoms. The summed E-state index contributed by atoms with van der Waals surface area (Å²) in [5.74, 6) is -0.164. The summed E-state index contributed by atoms with van der Waals surface area (Å²) in [7, 11) is 1.93. The summed E-state index contributed by atoms with van der Waals surface area (Å²) < 4.78 is 1.93. The molecule has 1 fully saturated rings. The van der Waals surface area contributed by atoms with Crippen LogP contribution in [0.15, 0.2) is 48.8 Å². The van der Waals surface area contributed by atoms with Crippen LogP contribution in [0.4, 0.5) is 5.69 Å². The lowest BCUT2D eigenvalue weighted by atomic mass is 9.82. The number of hydrogen-bond acceptors (Lipinski definition) is 4. The van der Waals surface area contributed by atoms with Gasteiger partial charge in [0.15, 0.2) is 0 Å². The third kappa shape index (κ3) is 3.75. The van der Waals surface area contributed by atoms with Crippen molar-refractivity contribution in [1.29, 1.82) is 0 Å². The van der Waals surface area contributed by atoms with Crippen LogP contribution in [0, 0.1) is 0 Å². The highest BCUT2D eigenvalue weighted by Crippen LogP contribution is 2.39. The molecule has 0 aliphatic carbocycles. The Balaban J connectivity index is 1.39. The second-order valence-corrected chi connectivity index (χ2v) is 9.06. The average molecular weight is 446 g/mol. The molecular formula is C25H27N5O3. The summed E-state index contributed by atoms with van der Waals surface area (Å²) in [6, 6.07) is 13.3. The Morgan fingerprint density at radius 2 is 1.88 bits per heavy atom. The van der Waals surface area contributed by atoms with Gasteiger partial charge in [0.25, 0.3) is 5.91 Å². The number of aryl methyl sites for hydroxylation is 1. The van der Waals surface area contributed by atoms with Gasteiger partial charge in [0, 0.05) is 44.9 Å². The fourth-order valence-electron chi connectivity index (χ4n) is 5.14. The number of nitrogens with zero attached hydrogens (tertiary/aromatic N) is 4. The summed E-state index contributed by atoms with van der Waals surface area (Å²) in [5, 5.41) is 3.00. The zero-order valence-electron chi connectivity index (χ0n) is 18.9. The molecule has 2 aromatic carbocycles. The van der Waals surface area contributed by atoms with E-state index in [2.05, 4.69) is 10.3 Å². The summed E-state index contributed by atoms with van der Waals surface area (Å²) in [5.41, 5.74) is 3.52. The molecule has 1 N–H and O–H groups in total. The van der Waals surface area contributed by atoms with Crippen LogP contribution in [0.1, 0.15) is 42.1 Å². The standard InChI is InChI=1S/C25H27N5O3/c1-17(31)29-11-9-25(10-12-29,30-15-18-5-3-4-6-20(18)24(30)33)14-23(32)27-19-7-8-22-21(13-19)26-16-28(22)2/h3-8,13,16H,9-12,14-15H2,1-2H3,(H,27,32). The Hall–Kier alpha value is -3.68. The van der Waals surface area contributed by atoms with Crippen molar-refractivity contribution in [2.45, 2.75) is 38.3 Å². The summed E-state index contributed by atoms with van der Waals surface area (Å²) in [6.45, 7) is 3.11. The van der Waals surface area contributed by atoms with Gasteiger partial charge in [0.1, 0.15) is 0 Å². The molecular weight excluding hydrogens is 418 g/mol. The first-order valence-electron chi connectivity index (χ1n) is 11.2. The van der Waals surface area contributed by atoms with Gasteiger partial charge in [-0.25, -0.2) is 4.98 Å². The molecule has 1 saturated heterocycles. The monoisotopic (exact) mass is 445 g/mol. The number of carbonyl (C=O) groups excluding carboxylic acids is 3. The lowest BCUT2D eigenvalue weighted by Crippen LogP contribution is -2.57. The number of anilines is 1. The van der Waals surface area contributed by atoms with E-state index in [4.69, 9.17) is 0 Å². The topological polar surface area (TPSA) is 87.5 Å². The van der Waals surface area contributed by atoms with Gasteiger partial charge in [0.2, 0.25) is 11.8 Å². The molecule has 170 valence electrons. The van der Waals surface area contributed by atoms with Crippen LogP contribution in [0.3, 0.4) is 0 Å². The number of amides is 3. The van der Waals surface area contributed by atoms with Crippen molar-refractivity contribution < 1.29 is 14.4 Å². The Kier molecular flexibility index (Phi) is 5.15. The van der Waals surface area contributed by atoms with Gasteiger partial charge < -0.3 is 19.7 Å². The van der Waals surface area contributed by atoms with Crippen LogP contribution in [0.25, 0.3) is 11.0 Å². The van der Waals surface area contributed by atoms with Crippen LogP contribution < -0.4 is 5.32 Å². The number of aromatic nitrogens is 2. The lowest BCUT2D eigenvalue weighted by molar-refractivity contribution is -0.131. The molecule has 0 atom stereocenters. The molecule has 0 spiro atoms. The molecule has 0 saturated carbocycles. The number of fused-ring (bicyclic) bond motifs is 2. The first-order valence-corrected chi connectivity index (χ1v) is 11.2. The minimum absolute atomic E-state index is 0.0211. The largest absolute Gasteiger partial charge is 0.343 e. The second-order valence-electron chi connectivity index (χ2n) is 9.06. The van der Waals surface area contributed by atoms with Crippen LogP contribution in [-0.2, 0) is 23.2 Å². The predicted molar refractivity (Wildman–Crippen MR) is 124 cm³/mol. The Morgan fingerprint density at radius 3 is 2.61 bits per heavy atom. The van der Waals surface area contributed by atoms with Crippen molar-refractivity contribution in [3.63, 3.8) is 0 Å². The van der Waals surface area contributed by atoms with Gasteiger partial charge in [-0.1, -0.05) is 18.2 Å². The lowest BCUT2D eigenvalue weighted by Gasteiger charge is -2.47. The van der Waals surface area contributed by atoms with Gasteiger partial charge in [-0.15, -0.1) is 0 Å². The van der Waals surface area contributed by atoms with Gasteiger partial charge in [-0.2, -0.15) is 0 Å². The number of benzene rings is 2. The Morgan fingerprint density at radius 1 is 1.12 bits per heavy atom. The van der Waals surface area contributed by atoms with E-state index < -0.39 is 5.54 Å². The molecule has 3 heterocycles. The van der Waals surface area contributed by atoms with Crippen LogP contribution in [0.5, 0.6) is 0 Å². The minimum Gasteiger partial charge on any atom is -0.343 e. The summed E-state index contributed by atoms with van der Waals surface area (Å²) in [6.07, 6.45) is 3.06. The summed E-state index contributed by atoms with van der Waals surface area (Å²) >= 11 is 0. The molecule has 0 unspecified atom stereocenters. The third-order valence-corrected chi connectivity index (χ3v) is 7.03. The Bertz CT molecular complexity index is 1260. The van der Waals surface area contributed by atoms with Crippen LogP contribution in [0.2, 0.25) is 0 Å². The quantitative estimate of drug-likeness (QED) is 0.669. The van der Waals surface area contributed by atoms with Gasteiger partial charge in [-0.3, -0.25) is 14.4 Å². The first kappa shape index (κ1) is 21.2. The highest BCUT2D eigenvalue weighted by molar-refractivity contribution is 6.00. The van der Waals surface area contributed by atoms with Crippen molar-refractivity contribution in [2.75, 3.05) is 18.4 Å². The van der Waals surface area contributed by atoms with Crippen LogP contribution >= 0.6 is 0 Å². The molecule has 1 aromatic heterocycles. The molecule has 5 rings (SSSR count). The average Bonchev–Trinajstić information content (AvgIpc) is 3.34. The van der Waals surface area contributed by atoms with E-state index in [9.17, 15) is 14.4 Å². The van der Waals surface area contributed by atoms with E-state index in [1.807, 2.05) is 59.0 Å². The highest BCUT2D eigenvalue weighted by atomic mass is 16.2. The number of rotatable bonds is 4. The van der Waals surface area contributed by atoms with Crippen molar-refractivity contribution in [3.05, 3.63) is 59.9 Å². The van der Waals surface area contributed by atoms with E-state index in [0.717, 1.165) is 16.6 Å². The molecule has 3 amide bonds. The third-order valence-electron chi connectivity index (χ3n) is 7.03. The molecule has 3 aromatic rings. The predicted octanol–water partition coefficient (Wildman–Crippen LogP) is 2.94. The SMILES string of the molecule is CC(=O)N1CCC(CC(=O)Nc2ccc3c(c2)ncn3C)(N2Cc3ccccc3C2=O)CC1. The van der Waals surface area contributed by atoms with E-state index in [-0.39, 0.29) is 24.1 Å². The van der Waals surface area contributed by atoms with Crippen molar-refractivity contribution in [1.82, 2.24) is 19.4 Å². The smallest absolute Gasteiger partial charge is 0.254 e. The molecule has 2 aliphatic heterocycles. The summed E-state index contributed by atoms with van der Waals surface area (Å²) in [4.78, 5) is 46.4. The molecule has 0 radical (unpaired) electrons. The van der Waals surface area contributed by atoms with E-state index in [1.165, 1.54) is 0 Å². The normalized spacial score (nSPS) is 17.3. The first-order chi connectivity index (χ1) is 15.9. The number of carbonyl (C=O) groups is 3. The second kappa shape index (κ2) is 8.03. The number of likely N-dealkylation sites (tertiary alicyclic amines) is 1. The maximum atomic E-state index is 13.3. The minimum atomic E-state index is -0.638. The highest BCUT2D eigenvalue weighted by Gasteiger charge is 2.47. The van der Waals surface area contributed by atoms with Gasteiger partial charge in [-0.05, 0) is 42.7 Å². The van der Waals surface area contributed by atoms with E-state index >= 15 is 0 Å². The number of nitrogens with one attached hydrogen (secondary N) is 1. The fourth-order valence-corrected chi connectivity index (χ4v) is 5.14. The van der Waals surface area contributed by atoms with E-state index in [0.29, 0.717) is 43.7 Å². The number of imidazole rings is 1.